The lowest BCUT2D eigenvalue weighted by Crippen LogP contribution is -2.51. The minimum Gasteiger partial charge on any atom is -0.382 e. The van der Waals surface area contributed by atoms with Crippen molar-refractivity contribution in [3.63, 3.8) is 0 Å². The SMILES string of the molecule is CCC1(CC)CN(CCOCCOC)CCCN1. The van der Waals surface area contributed by atoms with E-state index in [0.29, 0.717) is 18.8 Å². The van der Waals surface area contributed by atoms with Crippen LogP contribution in [0.4, 0.5) is 0 Å². The molecule has 0 aliphatic carbocycles. The van der Waals surface area contributed by atoms with E-state index in [1.165, 1.54) is 25.8 Å². The van der Waals surface area contributed by atoms with Crippen molar-refractivity contribution < 1.29 is 9.47 Å². The Morgan fingerprint density at radius 1 is 1.17 bits per heavy atom. The van der Waals surface area contributed by atoms with Gasteiger partial charge in [-0.3, -0.25) is 4.90 Å². The Hall–Kier alpha value is -0.160. The molecule has 0 aromatic rings. The molecule has 1 rings (SSSR count). The van der Waals surface area contributed by atoms with Gasteiger partial charge >= 0.3 is 0 Å². The van der Waals surface area contributed by atoms with Crippen LogP contribution in [0.5, 0.6) is 0 Å². The predicted octanol–water partition coefficient (Wildman–Crippen LogP) is 1.50. The van der Waals surface area contributed by atoms with Crippen molar-refractivity contribution in [3.05, 3.63) is 0 Å². The zero-order valence-electron chi connectivity index (χ0n) is 12.3. The molecule has 0 unspecified atom stereocenters. The number of nitrogens with one attached hydrogen (secondary N) is 1. The highest BCUT2D eigenvalue weighted by molar-refractivity contribution is 4.90. The van der Waals surface area contributed by atoms with Crippen LogP contribution in [-0.2, 0) is 9.47 Å². The summed E-state index contributed by atoms with van der Waals surface area (Å²) in [6, 6.07) is 0. The average Bonchev–Trinajstić information content (AvgIpc) is 2.61. The molecule has 1 aliphatic rings. The lowest BCUT2D eigenvalue weighted by molar-refractivity contribution is 0.0537. The smallest absolute Gasteiger partial charge is 0.0700 e. The molecule has 108 valence electrons. The van der Waals surface area contributed by atoms with E-state index in [0.717, 1.165) is 26.2 Å². The fraction of sp³-hybridized carbons (Fsp3) is 1.00. The number of hydrogen-bond acceptors (Lipinski definition) is 4. The maximum atomic E-state index is 5.57. The largest absolute Gasteiger partial charge is 0.382 e. The van der Waals surface area contributed by atoms with Gasteiger partial charge in [-0.25, -0.2) is 0 Å². The molecule has 4 heteroatoms. The minimum absolute atomic E-state index is 0.309. The Morgan fingerprint density at radius 2 is 1.94 bits per heavy atom. The van der Waals surface area contributed by atoms with Crippen LogP contribution in [0.2, 0.25) is 0 Å². The molecule has 0 aromatic heterocycles. The van der Waals surface area contributed by atoms with Crippen LogP contribution >= 0.6 is 0 Å². The molecule has 1 aliphatic heterocycles. The van der Waals surface area contributed by atoms with Crippen LogP contribution in [0, 0.1) is 0 Å². The number of ether oxygens (including phenoxy) is 2. The molecule has 1 N–H and O–H groups in total. The topological polar surface area (TPSA) is 33.7 Å². The molecule has 0 aromatic carbocycles. The maximum Gasteiger partial charge on any atom is 0.0700 e. The van der Waals surface area contributed by atoms with E-state index in [4.69, 9.17) is 9.47 Å². The minimum atomic E-state index is 0.309. The molecular formula is C14H30N2O2. The number of hydrogen-bond donors (Lipinski definition) is 1. The first-order valence-corrected chi connectivity index (χ1v) is 7.30. The summed E-state index contributed by atoms with van der Waals surface area (Å²) in [5, 5.41) is 3.73. The summed E-state index contributed by atoms with van der Waals surface area (Å²) in [7, 11) is 1.71. The van der Waals surface area contributed by atoms with E-state index >= 15 is 0 Å². The third kappa shape index (κ3) is 5.22. The van der Waals surface area contributed by atoms with Gasteiger partial charge in [-0.2, -0.15) is 0 Å². The Balaban J connectivity index is 2.30. The monoisotopic (exact) mass is 258 g/mol. The molecule has 4 nitrogen and oxygen atoms in total. The van der Waals surface area contributed by atoms with Crippen LogP contribution in [0.1, 0.15) is 33.1 Å². The lowest BCUT2D eigenvalue weighted by atomic mass is 9.92. The van der Waals surface area contributed by atoms with Gasteiger partial charge in [-0.15, -0.1) is 0 Å². The van der Waals surface area contributed by atoms with E-state index in [1.807, 2.05) is 0 Å². The summed E-state index contributed by atoms with van der Waals surface area (Å²) in [4.78, 5) is 2.54. The van der Waals surface area contributed by atoms with Gasteiger partial charge in [0.1, 0.15) is 0 Å². The van der Waals surface area contributed by atoms with E-state index in [-0.39, 0.29) is 0 Å². The fourth-order valence-corrected chi connectivity index (χ4v) is 2.57. The Bertz CT molecular complexity index is 208. The summed E-state index contributed by atoms with van der Waals surface area (Å²) in [5.41, 5.74) is 0.309. The van der Waals surface area contributed by atoms with Crippen LogP contribution in [0.15, 0.2) is 0 Å². The molecule has 18 heavy (non-hydrogen) atoms. The molecule has 0 bridgehead atoms. The third-order valence-electron chi connectivity index (χ3n) is 4.01. The van der Waals surface area contributed by atoms with Gasteiger partial charge in [0.15, 0.2) is 0 Å². The molecule has 1 heterocycles. The second-order valence-corrected chi connectivity index (χ2v) is 5.15. The molecular weight excluding hydrogens is 228 g/mol. The van der Waals surface area contributed by atoms with Crippen molar-refractivity contribution in [2.24, 2.45) is 0 Å². The highest BCUT2D eigenvalue weighted by Gasteiger charge is 2.29. The zero-order valence-corrected chi connectivity index (χ0v) is 12.3. The van der Waals surface area contributed by atoms with E-state index in [1.54, 1.807) is 7.11 Å². The van der Waals surface area contributed by atoms with Crippen LogP contribution in [0.25, 0.3) is 0 Å². The first-order valence-electron chi connectivity index (χ1n) is 7.30. The normalized spacial score (nSPS) is 20.8. The quantitative estimate of drug-likeness (QED) is 0.669. The van der Waals surface area contributed by atoms with Gasteiger partial charge in [0.05, 0.1) is 19.8 Å². The molecule has 0 atom stereocenters. The van der Waals surface area contributed by atoms with E-state index < -0.39 is 0 Å². The van der Waals surface area contributed by atoms with Crippen molar-refractivity contribution in [1.82, 2.24) is 10.2 Å². The van der Waals surface area contributed by atoms with Gasteiger partial charge in [-0.05, 0) is 32.4 Å². The van der Waals surface area contributed by atoms with Crippen molar-refractivity contribution >= 4 is 0 Å². The molecule has 0 radical (unpaired) electrons. The molecule has 0 saturated carbocycles. The Morgan fingerprint density at radius 3 is 2.61 bits per heavy atom. The van der Waals surface area contributed by atoms with Crippen molar-refractivity contribution in [1.29, 1.82) is 0 Å². The third-order valence-corrected chi connectivity index (χ3v) is 4.01. The van der Waals surface area contributed by atoms with Crippen molar-refractivity contribution in [2.75, 3.05) is 53.1 Å². The highest BCUT2D eigenvalue weighted by atomic mass is 16.5. The van der Waals surface area contributed by atoms with Crippen molar-refractivity contribution in [3.8, 4) is 0 Å². The van der Waals surface area contributed by atoms with Gasteiger partial charge in [0, 0.05) is 25.7 Å². The highest BCUT2D eigenvalue weighted by Crippen LogP contribution is 2.19. The molecule has 0 amide bonds. The number of rotatable bonds is 8. The number of nitrogens with zero attached hydrogens (tertiary/aromatic N) is 1. The number of methoxy groups -OCH3 is 1. The molecule has 0 spiro atoms. The van der Waals surface area contributed by atoms with Crippen LogP contribution in [-0.4, -0.2) is 63.5 Å². The summed E-state index contributed by atoms with van der Waals surface area (Å²) in [5.74, 6) is 0. The van der Waals surface area contributed by atoms with Gasteiger partial charge in [-0.1, -0.05) is 13.8 Å². The Kier molecular flexibility index (Phi) is 7.82. The van der Waals surface area contributed by atoms with E-state index in [9.17, 15) is 0 Å². The van der Waals surface area contributed by atoms with Gasteiger partial charge in [0.25, 0.3) is 0 Å². The first kappa shape index (κ1) is 15.9. The first-order chi connectivity index (χ1) is 8.76. The summed E-state index contributed by atoms with van der Waals surface area (Å²) < 4.78 is 10.5. The van der Waals surface area contributed by atoms with E-state index in [2.05, 4.69) is 24.1 Å². The summed E-state index contributed by atoms with van der Waals surface area (Å²) in [6.45, 7) is 11.3. The van der Waals surface area contributed by atoms with Crippen molar-refractivity contribution in [2.45, 2.75) is 38.6 Å². The second-order valence-electron chi connectivity index (χ2n) is 5.15. The lowest BCUT2D eigenvalue weighted by Gasteiger charge is -2.35. The maximum absolute atomic E-state index is 5.57. The summed E-state index contributed by atoms with van der Waals surface area (Å²) in [6.07, 6.45) is 3.63. The summed E-state index contributed by atoms with van der Waals surface area (Å²) >= 11 is 0. The molecule has 1 saturated heterocycles. The average molecular weight is 258 g/mol. The fourth-order valence-electron chi connectivity index (χ4n) is 2.57. The predicted molar refractivity (Wildman–Crippen MR) is 75.1 cm³/mol. The van der Waals surface area contributed by atoms with Gasteiger partial charge in [0.2, 0.25) is 0 Å². The van der Waals surface area contributed by atoms with Crippen LogP contribution in [0.3, 0.4) is 0 Å². The van der Waals surface area contributed by atoms with Gasteiger partial charge < -0.3 is 14.8 Å². The zero-order chi connectivity index (χ0) is 13.3. The second kappa shape index (κ2) is 8.86. The van der Waals surface area contributed by atoms with Crippen LogP contribution < -0.4 is 5.32 Å². The Labute approximate surface area is 112 Å². The standard InChI is InChI=1S/C14H30N2O2/c1-4-14(5-2)13-16(8-6-7-15-14)9-10-18-12-11-17-3/h15H,4-13H2,1-3H3. The molecule has 1 fully saturated rings.